The fourth-order valence-electron chi connectivity index (χ4n) is 4.78. The van der Waals surface area contributed by atoms with E-state index in [4.69, 9.17) is 14.5 Å². The lowest BCUT2D eigenvalue weighted by Crippen LogP contribution is -2.44. The van der Waals surface area contributed by atoms with Gasteiger partial charge in [0.05, 0.1) is 46.9 Å². The van der Waals surface area contributed by atoms with Crippen molar-refractivity contribution in [2.24, 2.45) is 0 Å². The van der Waals surface area contributed by atoms with Crippen molar-refractivity contribution < 1.29 is 13.9 Å². The zero-order valence-corrected chi connectivity index (χ0v) is 19.0. The highest BCUT2D eigenvalue weighted by molar-refractivity contribution is 5.65. The Hall–Kier alpha value is -3.24. The second-order valence-electron chi connectivity index (χ2n) is 9.46. The van der Waals surface area contributed by atoms with Crippen LogP contribution >= 0.6 is 0 Å². The van der Waals surface area contributed by atoms with Crippen LogP contribution in [0.2, 0.25) is 0 Å². The average molecular weight is 435 g/mol. The molecule has 1 fully saturated rings. The summed E-state index contributed by atoms with van der Waals surface area (Å²) < 4.78 is 27.8. The van der Waals surface area contributed by atoms with Crippen molar-refractivity contribution in [3.05, 3.63) is 59.8 Å². The number of ether oxygens (including phenoxy) is 2. The van der Waals surface area contributed by atoms with Crippen LogP contribution in [0.15, 0.2) is 42.7 Å². The van der Waals surface area contributed by atoms with Crippen molar-refractivity contribution in [3.8, 4) is 29.0 Å². The molecule has 0 radical (unpaired) electrons. The van der Waals surface area contributed by atoms with E-state index in [1.165, 1.54) is 12.1 Å². The molecule has 32 heavy (non-hydrogen) atoms. The minimum absolute atomic E-state index is 0.153. The van der Waals surface area contributed by atoms with Crippen LogP contribution in [0.1, 0.15) is 57.7 Å². The summed E-state index contributed by atoms with van der Waals surface area (Å²) in [7, 11) is 1.56. The Bertz CT molecular complexity index is 1180. The molecule has 2 aromatic heterocycles. The molecule has 0 spiro atoms. The van der Waals surface area contributed by atoms with E-state index in [0.717, 1.165) is 18.5 Å². The highest BCUT2D eigenvalue weighted by Crippen LogP contribution is 2.44. The van der Waals surface area contributed by atoms with Gasteiger partial charge in [0.1, 0.15) is 11.6 Å². The maximum Gasteiger partial charge on any atom is 0.224 e. The molecule has 0 unspecified atom stereocenters. The molecule has 4 rings (SSSR count). The summed E-state index contributed by atoms with van der Waals surface area (Å²) in [5, 5.41) is 9.34. The van der Waals surface area contributed by atoms with Crippen LogP contribution in [-0.2, 0) is 4.74 Å². The normalized spacial score (nSPS) is 17.7. The molecular formula is C25H27FN4O2. The van der Waals surface area contributed by atoms with Gasteiger partial charge in [-0.2, -0.15) is 5.26 Å². The number of aromatic nitrogens is 3. The van der Waals surface area contributed by atoms with Gasteiger partial charge in [0.2, 0.25) is 5.88 Å². The smallest absolute Gasteiger partial charge is 0.224 e. The zero-order chi connectivity index (χ0) is 23.1. The van der Waals surface area contributed by atoms with Crippen molar-refractivity contribution in [1.82, 2.24) is 14.5 Å². The Kier molecular flexibility index (Phi) is 5.51. The first-order valence-electron chi connectivity index (χ1n) is 10.6. The predicted molar refractivity (Wildman–Crippen MR) is 119 cm³/mol. The number of nitriles is 1. The predicted octanol–water partition coefficient (Wildman–Crippen LogP) is 5.40. The molecule has 166 valence electrons. The van der Waals surface area contributed by atoms with Crippen LogP contribution in [0.25, 0.3) is 17.1 Å². The lowest BCUT2D eigenvalue weighted by atomic mass is 9.79. The van der Waals surface area contributed by atoms with E-state index in [2.05, 4.69) is 32.7 Å². The van der Waals surface area contributed by atoms with Crippen molar-refractivity contribution in [1.29, 1.82) is 5.26 Å². The Morgan fingerprint density at radius 3 is 2.56 bits per heavy atom. The van der Waals surface area contributed by atoms with Gasteiger partial charge in [-0.3, -0.25) is 4.57 Å². The summed E-state index contributed by atoms with van der Waals surface area (Å²) in [5.74, 6) is 0.684. The maximum absolute atomic E-state index is 14.3. The van der Waals surface area contributed by atoms with Gasteiger partial charge in [0.25, 0.3) is 0 Å². The van der Waals surface area contributed by atoms with Crippen molar-refractivity contribution in [3.63, 3.8) is 0 Å². The molecule has 0 bridgehead atoms. The van der Waals surface area contributed by atoms with Crippen LogP contribution in [0.4, 0.5) is 4.39 Å². The topological polar surface area (TPSA) is 73.0 Å². The molecule has 0 saturated carbocycles. The second-order valence-corrected chi connectivity index (χ2v) is 9.46. The number of rotatable bonds is 4. The lowest BCUT2D eigenvalue weighted by Gasteiger charge is -2.45. The van der Waals surface area contributed by atoms with Crippen molar-refractivity contribution >= 4 is 0 Å². The number of methoxy groups -OCH3 is 1. The van der Waals surface area contributed by atoms with E-state index in [0.29, 0.717) is 23.0 Å². The van der Waals surface area contributed by atoms with Gasteiger partial charge in [0.15, 0.2) is 0 Å². The molecule has 6 nitrogen and oxygen atoms in total. The molecule has 3 heterocycles. The summed E-state index contributed by atoms with van der Waals surface area (Å²) in [6.07, 6.45) is 5.20. The zero-order valence-electron chi connectivity index (χ0n) is 19.0. The fraction of sp³-hybridized carbons (Fsp3) is 0.400. The molecule has 0 atom stereocenters. The Morgan fingerprint density at radius 1 is 1.19 bits per heavy atom. The number of hydrogen-bond donors (Lipinski definition) is 0. The third-order valence-electron chi connectivity index (χ3n) is 5.67. The minimum Gasteiger partial charge on any atom is -0.480 e. The molecule has 3 aromatic rings. The number of nitrogens with zero attached hydrogens (tertiary/aromatic N) is 4. The van der Waals surface area contributed by atoms with E-state index in [-0.39, 0.29) is 22.7 Å². The lowest BCUT2D eigenvalue weighted by molar-refractivity contribution is -0.162. The first-order chi connectivity index (χ1) is 15.1. The molecule has 1 saturated heterocycles. The van der Waals surface area contributed by atoms with E-state index in [9.17, 15) is 9.65 Å². The Morgan fingerprint density at radius 2 is 1.91 bits per heavy atom. The van der Waals surface area contributed by atoms with Crippen LogP contribution in [0.3, 0.4) is 0 Å². The van der Waals surface area contributed by atoms with Gasteiger partial charge in [-0.15, -0.1) is 0 Å². The van der Waals surface area contributed by atoms with E-state index >= 15 is 0 Å². The van der Waals surface area contributed by atoms with E-state index in [1.54, 1.807) is 19.4 Å². The maximum atomic E-state index is 14.3. The molecule has 1 aromatic carbocycles. The number of hydrogen-bond acceptors (Lipinski definition) is 5. The highest BCUT2D eigenvalue weighted by atomic mass is 19.1. The van der Waals surface area contributed by atoms with E-state index in [1.807, 2.05) is 29.0 Å². The molecule has 1 aliphatic heterocycles. The minimum atomic E-state index is -0.480. The van der Waals surface area contributed by atoms with E-state index < -0.39 is 5.82 Å². The van der Waals surface area contributed by atoms with Gasteiger partial charge in [-0.25, -0.2) is 14.4 Å². The number of imidazole rings is 1. The standard InChI is InChI=1S/C25H27FN4O2/c1-24(2)12-17(13-25(3,4)32-24)21-15-30(19-10-16(14-27)9-18(26)11-19)22(29-21)20-7-6-8-28-23(20)31-5/h6-11,15,17H,12-13H2,1-5H3. The van der Waals surface area contributed by atoms with Crippen molar-refractivity contribution in [2.45, 2.75) is 57.7 Å². The molecule has 0 amide bonds. The molecular weight excluding hydrogens is 407 g/mol. The third-order valence-corrected chi connectivity index (χ3v) is 5.67. The SMILES string of the molecule is COc1ncccc1-c1nc(C2CC(C)(C)OC(C)(C)C2)cn1-c1cc(F)cc(C#N)c1. The van der Waals surface area contributed by atoms with Gasteiger partial charge >= 0.3 is 0 Å². The van der Waals surface area contributed by atoms with Crippen LogP contribution < -0.4 is 4.74 Å². The van der Waals surface area contributed by atoms with Gasteiger partial charge in [-0.05, 0) is 70.9 Å². The summed E-state index contributed by atoms with van der Waals surface area (Å²) in [6, 6.07) is 9.97. The highest BCUT2D eigenvalue weighted by Gasteiger charge is 2.41. The first kappa shape index (κ1) is 22.0. The Labute approximate surface area is 187 Å². The number of benzene rings is 1. The summed E-state index contributed by atoms with van der Waals surface area (Å²) in [6.45, 7) is 8.37. The molecule has 7 heteroatoms. The monoisotopic (exact) mass is 434 g/mol. The molecule has 1 aliphatic rings. The van der Waals surface area contributed by atoms with Gasteiger partial charge in [-0.1, -0.05) is 0 Å². The van der Waals surface area contributed by atoms with Crippen LogP contribution in [0.5, 0.6) is 5.88 Å². The largest absolute Gasteiger partial charge is 0.480 e. The second kappa shape index (κ2) is 8.03. The van der Waals surface area contributed by atoms with Crippen LogP contribution in [-0.4, -0.2) is 32.8 Å². The average Bonchev–Trinajstić information content (AvgIpc) is 3.16. The fourth-order valence-corrected chi connectivity index (χ4v) is 4.78. The summed E-state index contributed by atoms with van der Waals surface area (Å²) in [5.41, 5.74) is 1.75. The number of halogens is 1. The van der Waals surface area contributed by atoms with Crippen LogP contribution in [0, 0.1) is 17.1 Å². The molecule has 0 N–H and O–H groups in total. The summed E-state index contributed by atoms with van der Waals surface area (Å²) >= 11 is 0. The van der Waals surface area contributed by atoms with Crippen molar-refractivity contribution in [2.75, 3.05) is 7.11 Å². The van der Waals surface area contributed by atoms with Gasteiger partial charge in [0, 0.05) is 18.3 Å². The third kappa shape index (κ3) is 4.37. The first-order valence-corrected chi connectivity index (χ1v) is 10.6. The quantitative estimate of drug-likeness (QED) is 0.549. The Balaban J connectivity index is 1.90. The molecule has 0 aliphatic carbocycles. The van der Waals surface area contributed by atoms with Gasteiger partial charge < -0.3 is 9.47 Å². The number of pyridine rings is 1. The summed E-state index contributed by atoms with van der Waals surface area (Å²) in [4.78, 5) is 9.29.